The van der Waals surface area contributed by atoms with Crippen LogP contribution in [-0.2, 0) is 11.2 Å². The second kappa shape index (κ2) is 8.44. The van der Waals surface area contributed by atoms with Crippen LogP contribution < -0.4 is 5.32 Å². The Labute approximate surface area is 192 Å². The van der Waals surface area contributed by atoms with E-state index in [-0.39, 0.29) is 12.2 Å². The molecule has 0 bridgehead atoms. The number of aliphatic carboxylic acids is 1. The zero-order chi connectivity index (χ0) is 22.9. The van der Waals surface area contributed by atoms with E-state index in [2.05, 4.69) is 20.3 Å². The summed E-state index contributed by atoms with van der Waals surface area (Å²) in [5, 5.41) is 14.0. The van der Waals surface area contributed by atoms with Crippen molar-refractivity contribution in [3.8, 4) is 11.3 Å². The Bertz CT molecular complexity index is 1520. The SMILES string of the molecule is O=C(O)Cc1ccc(Nc2ncc3nc(-c4ccccc4F)c4cc(Cl)ccc4c3n2)cc1. The van der Waals surface area contributed by atoms with E-state index in [9.17, 15) is 9.18 Å². The average molecular weight is 459 g/mol. The van der Waals surface area contributed by atoms with Crippen molar-refractivity contribution in [1.82, 2.24) is 15.0 Å². The second-order valence-corrected chi connectivity index (χ2v) is 7.89. The van der Waals surface area contributed by atoms with Gasteiger partial charge in [-0.2, -0.15) is 0 Å². The molecule has 8 heteroatoms. The number of hydrogen-bond donors (Lipinski definition) is 2. The van der Waals surface area contributed by atoms with Crippen molar-refractivity contribution in [2.24, 2.45) is 0 Å². The zero-order valence-corrected chi connectivity index (χ0v) is 17.8. The van der Waals surface area contributed by atoms with Crippen LogP contribution in [-0.4, -0.2) is 26.0 Å². The van der Waals surface area contributed by atoms with Crippen LogP contribution in [0.15, 0.2) is 72.9 Å². The molecule has 162 valence electrons. The Balaban J connectivity index is 1.60. The molecule has 0 saturated heterocycles. The van der Waals surface area contributed by atoms with Crippen LogP contribution >= 0.6 is 11.6 Å². The number of benzene rings is 3. The van der Waals surface area contributed by atoms with Gasteiger partial charge < -0.3 is 10.4 Å². The number of nitrogens with one attached hydrogen (secondary N) is 1. The van der Waals surface area contributed by atoms with Crippen molar-refractivity contribution >= 4 is 51.0 Å². The molecule has 0 atom stereocenters. The monoisotopic (exact) mass is 458 g/mol. The smallest absolute Gasteiger partial charge is 0.307 e. The number of rotatable bonds is 5. The van der Waals surface area contributed by atoms with Gasteiger partial charge in [-0.1, -0.05) is 41.9 Å². The molecule has 2 N–H and O–H groups in total. The molecular formula is C25H16ClFN4O2. The summed E-state index contributed by atoms with van der Waals surface area (Å²) in [5.41, 5.74) is 3.37. The van der Waals surface area contributed by atoms with E-state index in [1.54, 1.807) is 60.8 Å². The number of carbonyl (C=O) groups is 1. The first kappa shape index (κ1) is 20.8. The van der Waals surface area contributed by atoms with Gasteiger partial charge in [0.05, 0.1) is 18.3 Å². The fourth-order valence-corrected chi connectivity index (χ4v) is 3.86. The summed E-state index contributed by atoms with van der Waals surface area (Å²) >= 11 is 6.25. The number of anilines is 2. The van der Waals surface area contributed by atoms with Crippen molar-refractivity contribution < 1.29 is 14.3 Å². The maximum atomic E-state index is 14.6. The molecule has 0 spiro atoms. The first-order valence-corrected chi connectivity index (χ1v) is 10.4. The predicted octanol–water partition coefficient (Wildman–Crippen LogP) is 6.01. The van der Waals surface area contributed by atoms with E-state index >= 15 is 0 Å². The molecule has 2 aromatic heterocycles. The van der Waals surface area contributed by atoms with Crippen molar-refractivity contribution in [2.45, 2.75) is 6.42 Å². The Morgan fingerprint density at radius 3 is 2.55 bits per heavy atom. The highest BCUT2D eigenvalue weighted by atomic mass is 35.5. The molecule has 33 heavy (non-hydrogen) atoms. The number of carboxylic acids is 1. The van der Waals surface area contributed by atoms with Crippen LogP contribution in [0.1, 0.15) is 5.56 Å². The largest absolute Gasteiger partial charge is 0.481 e. The molecule has 0 unspecified atom stereocenters. The minimum Gasteiger partial charge on any atom is -0.481 e. The molecule has 5 rings (SSSR count). The van der Waals surface area contributed by atoms with Crippen LogP contribution in [0.2, 0.25) is 5.02 Å². The average Bonchev–Trinajstić information content (AvgIpc) is 2.80. The molecule has 6 nitrogen and oxygen atoms in total. The quantitative estimate of drug-likeness (QED) is 0.314. The van der Waals surface area contributed by atoms with E-state index in [1.807, 2.05) is 6.07 Å². The number of nitrogens with zero attached hydrogens (tertiary/aromatic N) is 3. The van der Waals surface area contributed by atoms with Gasteiger partial charge in [-0.15, -0.1) is 0 Å². The summed E-state index contributed by atoms with van der Waals surface area (Å²) in [6.07, 6.45) is 1.54. The fraction of sp³-hybridized carbons (Fsp3) is 0.0400. The Morgan fingerprint density at radius 2 is 1.79 bits per heavy atom. The third-order valence-corrected chi connectivity index (χ3v) is 5.42. The standard InChI is InChI=1S/C25H16ClFN4O2/c26-15-7-10-17-19(12-15)23(18-3-1-2-4-20(18)27)30-21-13-28-25(31-24(17)21)29-16-8-5-14(6-9-16)11-22(32)33/h1-10,12-13H,11H2,(H,32,33)(H,28,29,31). The van der Waals surface area contributed by atoms with Crippen LogP contribution in [0.5, 0.6) is 0 Å². The topological polar surface area (TPSA) is 88.0 Å². The van der Waals surface area contributed by atoms with Gasteiger partial charge >= 0.3 is 5.97 Å². The normalized spacial score (nSPS) is 11.1. The molecule has 0 aliphatic rings. The van der Waals surface area contributed by atoms with Crippen molar-refractivity contribution in [1.29, 1.82) is 0 Å². The van der Waals surface area contributed by atoms with E-state index in [0.717, 1.165) is 5.39 Å². The molecular weight excluding hydrogens is 443 g/mol. The minimum absolute atomic E-state index is 0.0443. The highest BCUT2D eigenvalue weighted by Crippen LogP contribution is 2.34. The van der Waals surface area contributed by atoms with Gasteiger partial charge in [0, 0.05) is 27.0 Å². The Morgan fingerprint density at radius 1 is 1.00 bits per heavy atom. The van der Waals surface area contributed by atoms with E-state index in [1.165, 1.54) is 6.07 Å². The third-order valence-electron chi connectivity index (χ3n) is 5.19. The number of pyridine rings is 1. The maximum Gasteiger partial charge on any atom is 0.307 e. The highest BCUT2D eigenvalue weighted by Gasteiger charge is 2.15. The van der Waals surface area contributed by atoms with Gasteiger partial charge in [-0.05, 0) is 42.0 Å². The summed E-state index contributed by atoms with van der Waals surface area (Å²) in [6.45, 7) is 0. The molecule has 0 aliphatic carbocycles. The summed E-state index contributed by atoms with van der Waals surface area (Å²) < 4.78 is 14.6. The van der Waals surface area contributed by atoms with Crippen LogP contribution in [0, 0.1) is 5.82 Å². The first-order chi connectivity index (χ1) is 16.0. The summed E-state index contributed by atoms with van der Waals surface area (Å²) in [5.74, 6) is -0.913. The lowest BCUT2D eigenvalue weighted by Gasteiger charge is -2.12. The highest BCUT2D eigenvalue weighted by molar-refractivity contribution is 6.31. The van der Waals surface area contributed by atoms with E-state index in [0.29, 0.717) is 49.9 Å². The third kappa shape index (κ3) is 4.18. The molecule has 0 fully saturated rings. The van der Waals surface area contributed by atoms with Crippen molar-refractivity contribution in [3.63, 3.8) is 0 Å². The lowest BCUT2D eigenvalue weighted by Crippen LogP contribution is -2.01. The lowest BCUT2D eigenvalue weighted by atomic mass is 10.0. The number of fused-ring (bicyclic) bond motifs is 3. The van der Waals surface area contributed by atoms with Crippen LogP contribution in [0.4, 0.5) is 16.0 Å². The lowest BCUT2D eigenvalue weighted by molar-refractivity contribution is -0.136. The van der Waals surface area contributed by atoms with Gasteiger partial charge in [0.15, 0.2) is 0 Å². The summed E-state index contributed by atoms with van der Waals surface area (Å²) in [7, 11) is 0. The van der Waals surface area contributed by atoms with Crippen molar-refractivity contribution in [3.05, 3.63) is 89.3 Å². The molecule has 0 amide bonds. The minimum atomic E-state index is -0.886. The van der Waals surface area contributed by atoms with Gasteiger partial charge in [-0.25, -0.2) is 19.3 Å². The van der Waals surface area contributed by atoms with Crippen LogP contribution in [0.3, 0.4) is 0 Å². The molecule has 5 aromatic rings. The predicted molar refractivity (Wildman–Crippen MR) is 126 cm³/mol. The number of halogens is 2. The van der Waals surface area contributed by atoms with Crippen LogP contribution in [0.25, 0.3) is 33.1 Å². The number of carboxylic acid groups (broad SMARTS) is 1. The maximum absolute atomic E-state index is 14.6. The number of aromatic nitrogens is 3. The van der Waals surface area contributed by atoms with Gasteiger partial charge in [0.25, 0.3) is 0 Å². The number of hydrogen-bond acceptors (Lipinski definition) is 5. The van der Waals surface area contributed by atoms with Gasteiger partial charge in [0.2, 0.25) is 5.95 Å². The Hall–Kier alpha value is -4.10. The molecule has 0 saturated carbocycles. The molecule has 0 aliphatic heterocycles. The molecule has 2 heterocycles. The second-order valence-electron chi connectivity index (χ2n) is 7.45. The first-order valence-electron chi connectivity index (χ1n) is 10.1. The zero-order valence-electron chi connectivity index (χ0n) is 17.1. The van der Waals surface area contributed by atoms with E-state index in [4.69, 9.17) is 16.7 Å². The van der Waals surface area contributed by atoms with Gasteiger partial charge in [0.1, 0.15) is 16.9 Å². The van der Waals surface area contributed by atoms with Gasteiger partial charge in [-0.3, -0.25) is 4.79 Å². The molecule has 3 aromatic carbocycles. The fourth-order valence-electron chi connectivity index (χ4n) is 3.68. The Kier molecular flexibility index (Phi) is 5.32. The summed E-state index contributed by atoms with van der Waals surface area (Å²) in [6, 6.07) is 18.8. The van der Waals surface area contributed by atoms with Crippen molar-refractivity contribution in [2.75, 3.05) is 5.32 Å². The summed E-state index contributed by atoms with van der Waals surface area (Å²) in [4.78, 5) is 24.5. The molecule has 0 radical (unpaired) electrons. The van der Waals surface area contributed by atoms with E-state index < -0.39 is 5.97 Å².